The molecular formula is C15H20N4O2. The van der Waals surface area contributed by atoms with Gasteiger partial charge < -0.3 is 10.4 Å². The highest BCUT2D eigenvalue weighted by molar-refractivity contribution is 5.94. The lowest BCUT2D eigenvalue weighted by Gasteiger charge is -2.23. The summed E-state index contributed by atoms with van der Waals surface area (Å²) in [6.45, 7) is 7.25. The molecule has 0 atom stereocenters. The summed E-state index contributed by atoms with van der Waals surface area (Å²) in [5.74, 6) is 0.403. The Balaban J connectivity index is 2.19. The second-order valence-electron chi connectivity index (χ2n) is 5.74. The standard InChI is InChI=1S/C15H20N4O2/c1-10-7-11(2)19(18-10)13-6-5-12(8-16-13)14(21)17-15(3,4)9-20/h5-8,20H,9H2,1-4H3,(H,17,21). The number of aromatic nitrogens is 3. The van der Waals surface area contributed by atoms with E-state index in [1.807, 2.05) is 19.9 Å². The fourth-order valence-electron chi connectivity index (χ4n) is 1.93. The van der Waals surface area contributed by atoms with Crippen LogP contribution in [-0.4, -0.2) is 37.9 Å². The number of hydrogen-bond acceptors (Lipinski definition) is 4. The Morgan fingerprint density at radius 3 is 2.57 bits per heavy atom. The van der Waals surface area contributed by atoms with Crippen LogP contribution in [-0.2, 0) is 0 Å². The molecule has 6 heteroatoms. The number of aryl methyl sites for hydroxylation is 2. The first-order valence-corrected chi connectivity index (χ1v) is 6.75. The Morgan fingerprint density at radius 2 is 2.10 bits per heavy atom. The Labute approximate surface area is 123 Å². The van der Waals surface area contributed by atoms with Crippen molar-refractivity contribution in [3.05, 3.63) is 41.3 Å². The van der Waals surface area contributed by atoms with Gasteiger partial charge in [-0.25, -0.2) is 9.67 Å². The van der Waals surface area contributed by atoms with E-state index in [-0.39, 0.29) is 12.5 Å². The number of rotatable bonds is 4. The average molecular weight is 288 g/mol. The van der Waals surface area contributed by atoms with Gasteiger partial charge in [-0.2, -0.15) is 5.10 Å². The largest absolute Gasteiger partial charge is 0.394 e. The van der Waals surface area contributed by atoms with Crippen molar-refractivity contribution in [2.24, 2.45) is 0 Å². The Hall–Kier alpha value is -2.21. The van der Waals surface area contributed by atoms with Crippen LogP contribution in [0.3, 0.4) is 0 Å². The molecule has 0 aliphatic rings. The molecular weight excluding hydrogens is 268 g/mol. The number of nitrogens with zero attached hydrogens (tertiary/aromatic N) is 3. The first-order valence-electron chi connectivity index (χ1n) is 6.75. The van der Waals surface area contributed by atoms with Gasteiger partial charge in [-0.1, -0.05) is 0 Å². The van der Waals surface area contributed by atoms with E-state index < -0.39 is 5.54 Å². The SMILES string of the molecule is Cc1cc(C)n(-c2ccc(C(=O)NC(C)(C)CO)cn2)n1. The van der Waals surface area contributed by atoms with E-state index >= 15 is 0 Å². The third-order valence-electron chi connectivity index (χ3n) is 3.08. The average Bonchev–Trinajstić information content (AvgIpc) is 2.77. The summed E-state index contributed by atoms with van der Waals surface area (Å²) in [5, 5.41) is 16.3. The molecule has 2 aromatic heterocycles. The number of carbonyl (C=O) groups excluding carboxylic acids is 1. The van der Waals surface area contributed by atoms with Crippen LogP contribution >= 0.6 is 0 Å². The molecule has 0 bridgehead atoms. The molecule has 2 rings (SSSR count). The van der Waals surface area contributed by atoms with Crippen LogP contribution in [0.25, 0.3) is 5.82 Å². The molecule has 2 aromatic rings. The summed E-state index contributed by atoms with van der Waals surface area (Å²) in [7, 11) is 0. The van der Waals surface area contributed by atoms with E-state index in [2.05, 4.69) is 15.4 Å². The number of pyridine rings is 1. The highest BCUT2D eigenvalue weighted by atomic mass is 16.3. The van der Waals surface area contributed by atoms with Crippen LogP contribution < -0.4 is 5.32 Å². The quantitative estimate of drug-likeness (QED) is 0.891. The molecule has 0 fully saturated rings. The van der Waals surface area contributed by atoms with E-state index in [9.17, 15) is 9.90 Å². The lowest BCUT2D eigenvalue weighted by atomic mass is 10.1. The van der Waals surface area contributed by atoms with Gasteiger partial charge in [0.2, 0.25) is 0 Å². The second-order valence-corrected chi connectivity index (χ2v) is 5.74. The number of aliphatic hydroxyl groups is 1. The van der Waals surface area contributed by atoms with Gasteiger partial charge in [0.05, 0.1) is 23.4 Å². The van der Waals surface area contributed by atoms with Gasteiger partial charge in [0.1, 0.15) is 0 Å². The minimum absolute atomic E-state index is 0.129. The third-order valence-corrected chi connectivity index (χ3v) is 3.08. The molecule has 0 unspecified atom stereocenters. The van der Waals surface area contributed by atoms with Gasteiger partial charge in [-0.15, -0.1) is 0 Å². The van der Waals surface area contributed by atoms with Gasteiger partial charge in [0, 0.05) is 11.9 Å². The van der Waals surface area contributed by atoms with Gasteiger partial charge in [0.15, 0.2) is 5.82 Å². The van der Waals surface area contributed by atoms with Crippen molar-refractivity contribution in [3.8, 4) is 5.82 Å². The Morgan fingerprint density at radius 1 is 1.38 bits per heavy atom. The van der Waals surface area contributed by atoms with Crippen molar-refractivity contribution < 1.29 is 9.90 Å². The van der Waals surface area contributed by atoms with Gasteiger partial charge >= 0.3 is 0 Å². The minimum Gasteiger partial charge on any atom is -0.394 e. The van der Waals surface area contributed by atoms with E-state index in [4.69, 9.17) is 0 Å². The van der Waals surface area contributed by atoms with Gasteiger partial charge in [-0.05, 0) is 45.9 Å². The lowest BCUT2D eigenvalue weighted by molar-refractivity contribution is 0.0869. The molecule has 0 aliphatic heterocycles. The van der Waals surface area contributed by atoms with Crippen LogP contribution in [0.2, 0.25) is 0 Å². The summed E-state index contributed by atoms with van der Waals surface area (Å²) in [6, 6.07) is 5.41. The van der Waals surface area contributed by atoms with Crippen molar-refractivity contribution in [3.63, 3.8) is 0 Å². The van der Waals surface area contributed by atoms with Crippen molar-refractivity contribution in [1.29, 1.82) is 0 Å². The molecule has 0 aromatic carbocycles. The number of hydrogen-bond donors (Lipinski definition) is 2. The fraction of sp³-hybridized carbons (Fsp3) is 0.400. The fourth-order valence-corrected chi connectivity index (χ4v) is 1.93. The Kier molecular flexibility index (Phi) is 4.09. The summed E-state index contributed by atoms with van der Waals surface area (Å²) in [6.07, 6.45) is 1.51. The number of amides is 1. The van der Waals surface area contributed by atoms with E-state index in [0.717, 1.165) is 11.4 Å². The molecule has 0 spiro atoms. The summed E-state index contributed by atoms with van der Waals surface area (Å²) in [4.78, 5) is 16.3. The number of carbonyl (C=O) groups is 1. The first kappa shape index (κ1) is 15.2. The molecule has 112 valence electrons. The highest BCUT2D eigenvalue weighted by Gasteiger charge is 2.20. The molecule has 21 heavy (non-hydrogen) atoms. The van der Waals surface area contributed by atoms with Crippen molar-refractivity contribution in [2.45, 2.75) is 33.2 Å². The summed E-state index contributed by atoms with van der Waals surface area (Å²) in [5.41, 5.74) is 1.69. The second kappa shape index (κ2) is 5.65. The summed E-state index contributed by atoms with van der Waals surface area (Å²) < 4.78 is 1.73. The molecule has 0 aliphatic carbocycles. The molecule has 1 amide bonds. The van der Waals surface area contributed by atoms with E-state index in [0.29, 0.717) is 11.4 Å². The minimum atomic E-state index is -0.661. The van der Waals surface area contributed by atoms with Crippen LogP contribution in [0.4, 0.5) is 0 Å². The molecule has 0 saturated carbocycles. The normalized spacial score (nSPS) is 11.5. The van der Waals surface area contributed by atoms with E-state index in [1.165, 1.54) is 6.20 Å². The smallest absolute Gasteiger partial charge is 0.253 e. The molecule has 2 heterocycles. The molecule has 0 radical (unpaired) electrons. The van der Waals surface area contributed by atoms with Gasteiger partial charge in [-0.3, -0.25) is 4.79 Å². The number of nitrogens with one attached hydrogen (secondary N) is 1. The van der Waals surface area contributed by atoms with Crippen molar-refractivity contribution in [1.82, 2.24) is 20.1 Å². The first-order chi connectivity index (χ1) is 9.82. The van der Waals surface area contributed by atoms with Crippen molar-refractivity contribution in [2.75, 3.05) is 6.61 Å². The third kappa shape index (κ3) is 3.46. The molecule has 0 saturated heterocycles. The summed E-state index contributed by atoms with van der Waals surface area (Å²) >= 11 is 0. The highest BCUT2D eigenvalue weighted by Crippen LogP contribution is 2.11. The maximum Gasteiger partial charge on any atom is 0.253 e. The zero-order valence-corrected chi connectivity index (χ0v) is 12.7. The zero-order valence-electron chi connectivity index (χ0n) is 12.7. The van der Waals surface area contributed by atoms with Crippen LogP contribution in [0.1, 0.15) is 35.6 Å². The van der Waals surface area contributed by atoms with Crippen LogP contribution in [0.15, 0.2) is 24.4 Å². The maximum atomic E-state index is 12.1. The molecule has 2 N–H and O–H groups in total. The Bertz CT molecular complexity index is 644. The zero-order chi connectivity index (χ0) is 15.6. The van der Waals surface area contributed by atoms with Crippen LogP contribution in [0.5, 0.6) is 0 Å². The predicted octanol–water partition coefficient (Wildman–Crippen LogP) is 1.38. The van der Waals surface area contributed by atoms with Crippen molar-refractivity contribution >= 4 is 5.91 Å². The number of aliphatic hydroxyl groups excluding tert-OH is 1. The maximum absolute atomic E-state index is 12.1. The van der Waals surface area contributed by atoms with E-state index in [1.54, 1.807) is 30.7 Å². The predicted molar refractivity (Wildman–Crippen MR) is 79.5 cm³/mol. The van der Waals surface area contributed by atoms with Gasteiger partial charge in [0.25, 0.3) is 5.91 Å². The topological polar surface area (TPSA) is 80.0 Å². The monoisotopic (exact) mass is 288 g/mol. The molecule has 6 nitrogen and oxygen atoms in total. The van der Waals surface area contributed by atoms with Crippen LogP contribution in [0, 0.1) is 13.8 Å². The lowest BCUT2D eigenvalue weighted by Crippen LogP contribution is -2.46.